The van der Waals surface area contributed by atoms with E-state index < -0.39 is 18.5 Å². The molecule has 0 amide bonds. The third-order valence-electron chi connectivity index (χ3n) is 2.24. The van der Waals surface area contributed by atoms with Crippen molar-refractivity contribution in [3.05, 3.63) is 0 Å². The first-order valence-corrected chi connectivity index (χ1v) is 3.39. The molecule has 0 aromatic rings. The molecule has 1 fully saturated rings. The second-order valence-electron chi connectivity index (χ2n) is 3.56. The van der Waals surface area contributed by atoms with Gasteiger partial charge in [-0.2, -0.15) is 0 Å². The van der Waals surface area contributed by atoms with Crippen LogP contribution in [0.1, 0.15) is 27.7 Å². The molecule has 1 rings (SSSR count). The lowest BCUT2D eigenvalue weighted by atomic mass is 9.90. The van der Waals surface area contributed by atoms with Gasteiger partial charge in [-0.15, -0.1) is 5.64 Å². The van der Waals surface area contributed by atoms with Gasteiger partial charge in [-0.05, 0) is 27.7 Å². The van der Waals surface area contributed by atoms with Gasteiger partial charge in [-0.1, -0.05) is 0 Å². The normalized spacial score (nSPS) is 29.1. The van der Waals surface area contributed by atoms with Gasteiger partial charge in [-0.3, -0.25) is 0 Å². The topological polar surface area (TPSA) is 40.8 Å². The van der Waals surface area contributed by atoms with E-state index in [9.17, 15) is 0 Å². The minimum Gasteiger partial charge on any atom is -0.388 e. The fraction of sp³-hybridized carbons (Fsp3) is 1.00. The molecule has 0 aliphatic carbocycles. The van der Waals surface area contributed by atoms with E-state index in [0.29, 0.717) is 0 Å². The van der Waals surface area contributed by atoms with Crippen LogP contribution in [0.5, 0.6) is 0 Å². The molecule has 1 aliphatic rings. The number of hydrogen-bond acceptors (Lipinski definition) is 2. The molecule has 1 aliphatic heterocycles. The first kappa shape index (κ1) is 8.05. The monoisotopic (exact) mass is 141 g/mol. The number of hydrogen-bond donors (Lipinski definition) is 0. The van der Waals surface area contributed by atoms with E-state index in [-0.39, 0.29) is 0 Å². The summed E-state index contributed by atoms with van der Waals surface area (Å²) in [5, 5.41) is 0. The Balaban J connectivity index is 2.78. The van der Waals surface area contributed by atoms with E-state index in [0.717, 1.165) is 0 Å². The highest BCUT2D eigenvalue weighted by Crippen LogP contribution is 2.35. The smallest absolute Gasteiger partial charge is 0.388 e. The molecule has 0 atom stereocenters. The van der Waals surface area contributed by atoms with Crippen LogP contribution in [0.3, 0.4) is 0 Å². The van der Waals surface area contributed by atoms with E-state index >= 15 is 0 Å². The maximum Gasteiger partial charge on any atom is 0.589 e. The molecule has 0 saturated carbocycles. The van der Waals surface area contributed by atoms with Gasteiger partial charge in [0.1, 0.15) is 0 Å². The van der Waals surface area contributed by atoms with Crippen LogP contribution in [0, 0.1) is 0 Å². The van der Waals surface area contributed by atoms with Crippen molar-refractivity contribution in [1.29, 1.82) is 0 Å². The molecule has 10 heavy (non-hydrogen) atoms. The van der Waals surface area contributed by atoms with Crippen molar-refractivity contribution in [1.82, 2.24) is 5.64 Å². The Morgan fingerprint density at radius 2 is 1.30 bits per heavy atom. The van der Waals surface area contributed by atoms with Crippen LogP contribution in [0.15, 0.2) is 0 Å². The van der Waals surface area contributed by atoms with Crippen molar-refractivity contribution < 1.29 is 9.31 Å². The molecule has 0 unspecified atom stereocenters. The SMILES string of the molecule is CC1(C)OB([N])OC1(C)C. The largest absolute Gasteiger partial charge is 0.589 e. The van der Waals surface area contributed by atoms with Crippen molar-refractivity contribution in [2.24, 2.45) is 0 Å². The van der Waals surface area contributed by atoms with Crippen LogP contribution in [0.4, 0.5) is 0 Å². The van der Waals surface area contributed by atoms with Gasteiger partial charge < -0.3 is 9.31 Å². The highest BCUT2D eigenvalue weighted by Gasteiger charge is 2.50. The Kier molecular flexibility index (Phi) is 1.58. The summed E-state index contributed by atoms with van der Waals surface area (Å²) in [6, 6.07) is 0. The standard InChI is InChI=1S/C6H12BNO2/c1-5(2)6(3,4)10-7(8)9-5/h1-4H3. The fourth-order valence-corrected chi connectivity index (χ4v) is 0.812. The quantitative estimate of drug-likeness (QED) is 0.464. The first-order chi connectivity index (χ1) is 4.35. The lowest BCUT2D eigenvalue weighted by Gasteiger charge is -2.32. The molecular weight excluding hydrogens is 129 g/mol. The van der Waals surface area contributed by atoms with Crippen molar-refractivity contribution in [3.8, 4) is 0 Å². The van der Waals surface area contributed by atoms with Crippen LogP contribution in [-0.2, 0) is 9.31 Å². The Morgan fingerprint density at radius 3 is 1.40 bits per heavy atom. The van der Waals surface area contributed by atoms with Crippen LogP contribution in [0.2, 0.25) is 0 Å². The van der Waals surface area contributed by atoms with Crippen molar-refractivity contribution in [2.75, 3.05) is 0 Å². The van der Waals surface area contributed by atoms with E-state index in [4.69, 9.17) is 15.0 Å². The number of nitrogens with zero attached hydrogens (tertiary/aromatic N) is 1. The second-order valence-corrected chi connectivity index (χ2v) is 3.56. The minimum absolute atomic E-state index is 0.410. The lowest BCUT2D eigenvalue weighted by molar-refractivity contribution is 0.00578. The second kappa shape index (κ2) is 1.97. The van der Waals surface area contributed by atoms with Crippen LogP contribution in [0.25, 0.3) is 0 Å². The van der Waals surface area contributed by atoms with E-state index in [1.54, 1.807) is 0 Å². The zero-order valence-corrected chi connectivity index (χ0v) is 6.84. The molecule has 3 nitrogen and oxygen atoms in total. The fourth-order valence-electron chi connectivity index (χ4n) is 0.812. The molecule has 0 bridgehead atoms. The van der Waals surface area contributed by atoms with Gasteiger partial charge in [0.2, 0.25) is 0 Å². The zero-order valence-electron chi connectivity index (χ0n) is 6.84. The average Bonchev–Trinajstić information content (AvgIpc) is 1.73. The van der Waals surface area contributed by atoms with Gasteiger partial charge in [0.15, 0.2) is 0 Å². The summed E-state index contributed by atoms with van der Waals surface area (Å²) in [7, 11) is -1.06. The zero-order chi connectivity index (χ0) is 7.99. The van der Waals surface area contributed by atoms with Crippen LogP contribution < -0.4 is 5.64 Å². The predicted octanol–water partition coefficient (Wildman–Crippen LogP) is 0.644. The molecule has 0 spiro atoms. The maximum absolute atomic E-state index is 8.96. The Hall–Kier alpha value is -0.0551. The minimum atomic E-state index is -1.06. The summed E-state index contributed by atoms with van der Waals surface area (Å²) in [5.74, 6) is 0. The summed E-state index contributed by atoms with van der Waals surface area (Å²) >= 11 is 0. The first-order valence-electron chi connectivity index (χ1n) is 3.39. The van der Waals surface area contributed by atoms with E-state index in [2.05, 4.69) is 0 Å². The van der Waals surface area contributed by atoms with Gasteiger partial charge in [0, 0.05) is 0 Å². The summed E-state index contributed by atoms with van der Waals surface area (Å²) in [4.78, 5) is 0. The van der Waals surface area contributed by atoms with E-state index in [1.165, 1.54) is 0 Å². The van der Waals surface area contributed by atoms with Crippen LogP contribution >= 0.6 is 0 Å². The van der Waals surface area contributed by atoms with Gasteiger partial charge in [-0.25, -0.2) is 0 Å². The Labute approximate surface area is 62.0 Å². The average molecular weight is 141 g/mol. The summed E-state index contributed by atoms with van der Waals surface area (Å²) < 4.78 is 10.2. The van der Waals surface area contributed by atoms with Crippen molar-refractivity contribution in [3.63, 3.8) is 0 Å². The Bertz CT molecular complexity index is 131. The van der Waals surface area contributed by atoms with Crippen molar-refractivity contribution in [2.45, 2.75) is 38.9 Å². The Morgan fingerprint density at radius 1 is 1.00 bits per heavy atom. The third kappa shape index (κ3) is 1.07. The predicted molar refractivity (Wildman–Crippen MR) is 38.2 cm³/mol. The molecule has 0 aromatic heterocycles. The summed E-state index contributed by atoms with van der Waals surface area (Å²) in [6.45, 7) is 7.57. The summed E-state index contributed by atoms with van der Waals surface area (Å²) in [6.07, 6.45) is 0. The van der Waals surface area contributed by atoms with Crippen molar-refractivity contribution >= 4 is 7.25 Å². The molecule has 4 heteroatoms. The summed E-state index contributed by atoms with van der Waals surface area (Å²) in [5.41, 5.74) is 8.14. The third-order valence-corrected chi connectivity index (χ3v) is 2.24. The van der Waals surface area contributed by atoms with Gasteiger partial charge in [0.05, 0.1) is 11.2 Å². The molecule has 0 N–H and O–H groups in total. The molecular formula is C6H12BNO2. The van der Waals surface area contributed by atoms with Gasteiger partial charge in [0.25, 0.3) is 0 Å². The highest BCUT2D eigenvalue weighted by atomic mass is 16.7. The maximum atomic E-state index is 8.96. The lowest BCUT2D eigenvalue weighted by Crippen LogP contribution is -2.41. The highest BCUT2D eigenvalue weighted by molar-refractivity contribution is 6.40. The number of rotatable bonds is 0. The molecule has 1 heterocycles. The molecule has 1 saturated heterocycles. The van der Waals surface area contributed by atoms with E-state index in [1.807, 2.05) is 27.7 Å². The van der Waals surface area contributed by atoms with Crippen LogP contribution in [-0.4, -0.2) is 18.5 Å². The molecule has 2 radical (unpaired) electrons. The molecule has 0 aromatic carbocycles. The molecule has 56 valence electrons. The van der Waals surface area contributed by atoms with Gasteiger partial charge >= 0.3 is 7.25 Å².